The first-order valence-electron chi connectivity index (χ1n) is 5.23. The lowest BCUT2D eigenvalue weighted by Gasteiger charge is -2.12. The van der Waals surface area contributed by atoms with Crippen LogP contribution in [0.2, 0.25) is 5.02 Å². The quantitative estimate of drug-likeness (QED) is 0.595. The highest BCUT2D eigenvalue weighted by Gasteiger charge is 2.12. The summed E-state index contributed by atoms with van der Waals surface area (Å²) in [5, 5.41) is 2.64. The molecule has 1 nitrogen and oxygen atoms in total. The molecule has 0 saturated heterocycles. The summed E-state index contributed by atoms with van der Waals surface area (Å²) < 4.78 is 0. The van der Waals surface area contributed by atoms with E-state index in [1.54, 1.807) is 0 Å². The first kappa shape index (κ1) is 11.0. The zero-order chi connectivity index (χ0) is 11.7. The van der Waals surface area contributed by atoms with E-state index in [2.05, 4.69) is 18.7 Å². The van der Waals surface area contributed by atoms with Crippen molar-refractivity contribution in [1.82, 2.24) is 0 Å². The third-order valence-electron chi connectivity index (χ3n) is 2.73. The Morgan fingerprint density at radius 1 is 1.19 bits per heavy atom. The van der Waals surface area contributed by atoms with Crippen molar-refractivity contribution in [3.8, 4) is 0 Å². The molecular formula is C14H12ClN. The van der Waals surface area contributed by atoms with E-state index < -0.39 is 0 Å². The predicted molar refractivity (Wildman–Crippen MR) is 69.3 cm³/mol. The first-order chi connectivity index (χ1) is 7.65. The van der Waals surface area contributed by atoms with Gasteiger partial charge in [-0.2, -0.15) is 0 Å². The first-order valence-corrected chi connectivity index (χ1v) is 5.61. The van der Waals surface area contributed by atoms with Crippen LogP contribution in [0.5, 0.6) is 0 Å². The smallest absolute Gasteiger partial charge is 0.198 e. The van der Waals surface area contributed by atoms with Crippen LogP contribution in [0.1, 0.15) is 25.3 Å². The van der Waals surface area contributed by atoms with Crippen LogP contribution in [-0.4, -0.2) is 0 Å². The van der Waals surface area contributed by atoms with E-state index in [1.165, 1.54) is 0 Å². The molecule has 0 aromatic heterocycles. The molecule has 2 rings (SSSR count). The van der Waals surface area contributed by atoms with Crippen molar-refractivity contribution < 1.29 is 0 Å². The summed E-state index contributed by atoms with van der Waals surface area (Å²) in [4.78, 5) is 3.65. The fourth-order valence-corrected chi connectivity index (χ4v) is 2.18. The molecule has 0 unspecified atom stereocenters. The van der Waals surface area contributed by atoms with E-state index in [1.807, 2.05) is 30.3 Å². The number of hydrogen-bond acceptors (Lipinski definition) is 0. The molecule has 2 aromatic carbocycles. The summed E-state index contributed by atoms with van der Waals surface area (Å²) >= 11 is 6.23. The molecule has 0 heterocycles. The Balaban J connectivity index is 2.92. The number of fused-ring (bicyclic) bond motifs is 1. The van der Waals surface area contributed by atoms with E-state index >= 15 is 0 Å². The molecule has 2 aromatic rings. The zero-order valence-corrected chi connectivity index (χ0v) is 10.0. The van der Waals surface area contributed by atoms with Gasteiger partial charge in [0.15, 0.2) is 5.69 Å². The van der Waals surface area contributed by atoms with Crippen LogP contribution in [0, 0.1) is 6.57 Å². The lowest BCUT2D eigenvalue weighted by Crippen LogP contribution is -1.89. The van der Waals surface area contributed by atoms with Gasteiger partial charge in [0.25, 0.3) is 0 Å². The SMILES string of the molecule is [C-]#[N+]c1c(C(C)C)cc(Cl)c2ccccc12. The third-order valence-corrected chi connectivity index (χ3v) is 3.04. The van der Waals surface area contributed by atoms with Crippen molar-refractivity contribution in [1.29, 1.82) is 0 Å². The predicted octanol–water partition coefficient (Wildman–Crippen LogP) is 5.17. The average molecular weight is 230 g/mol. The van der Waals surface area contributed by atoms with Gasteiger partial charge in [0.1, 0.15) is 0 Å². The number of rotatable bonds is 1. The standard InChI is InChI=1S/C14H12ClN/c1-9(2)12-8-13(15)10-6-4-5-7-11(10)14(12)16-3/h4-9H,1-2H3. The molecule has 0 saturated carbocycles. The van der Waals surface area contributed by atoms with E-state index in [9.17, 15) is 0 Å². The van der Waals surface area contributed by atoms with Gasteiger partial charge in [-0.05, 0) is 28.3 Å². The van der Waals surface area contributed by atoms with E-state index in [4.69, 9.17) is 18.2 Å². The van der Waals surface area contributed by atoms with Crippen LogP contribution in [0.25, 0.3) is 15.6 Å². The van der Waals surface area contributed by atoms with Gasteiger partial charge in [0, 0.05) is 5.02 Å². The molecule has 0 spiro atoms. The van der Waals surface area contributed by atoms with Crippen LogP contribution in [0.15, 0.2) is 30.3 Å². The molecule has 0 fully saturated rings. The van der Waals surface area contributed by atoms with Crippen LogP contribution in [0.4, 0.5) is 5.69 Å². The summed E-state index contributed by atoms with van der Waals surface area (Å²) in [5.74, 6) is 0.311. The van der Waals surface area contributed by atoms with Gasteiger partial charge >= 0.3 is 0 Å². The summed E-state index contributed by atoms with van der Waals surface area (Å²) in [7, 11) is 0. The monoisotopic (exact) mass is 229 g/mol. The second-order valence-corrected chi connectivity index (χ2v) is 4.52. The Hall–Kier alpha value is -1.52. The van der Waals surface area contributed by atoms with Crippen molar-refractivity contribution in [2.45, 2.75) is 19.8 Å². The van der Waals surface area contributed by atoms with Crippen molar-refractivity contribution in [2.24, 2.45) is 0 Å². The van der Waals surface area contributed by atoms with E-state index in [-0.39, 0.29) is 0 Å². The van der Waals surface area contributed by atoms with Gasteiger partial charge < -0.3 is 0 Å². The molecule has 0 aliphatic carbocycles. The molecule has 0 N–H and O–H groups in total. The Kier molecular flexibility index (Phi) is 2.85. The summed E-state index contributed by atoms with van der Waals surface area (Å²) in [6.07, 6.45) is 0. The lowest BCUT2D eigenvalue weighted by molar-refractivity contribution is 0.873. The summed E-state index contributed by atoms with van der Waals surface area (Å²) in [6.45, 7) is 11.5. The van der Waals surface area contributed by atoms with Gasteiger partial charge in [-0.25, -0.2) is 4.85 Å². The Morgan fingerprint density at radius 2 is 1.81 bits per heavy atom. The Labute approximate surface area is 100 Å². The summed E-state index contributed by atoms with van der Waals surface area (Å²) in [5.41, 5.74) is 1.76. The normalized spacial score (nSPS) is 10.7. The topological polar surface area (TPSA) is 4.36 Å². The maximum absolute atomic E-state index is 7.31. The lowest BCUT2D eigenvalue weighted by atomic mass is 9.96. The minimum Gasteiger partial charge on any atom is -0.237 e. The number of benzene rings is 2. The molecule has 0 aliphatic heterocycles. The number of hydrogen-bond donors (Lipinski definition) is 0. The average Bonchev–Trinajstić information content (AvgIpc) is 2.29. The van der Waals surface area contributed by atoms with Gasteiger partial charge in [-0.1, -0.05) is 49.7 Å². The minimum absolute atomic E-state index is 0.311. The van der Waals surface area contributed by atoms with Crippen molar-refractivity contribution in [3.63, 3.8) is 0 Å². The second-order valence-electron chi connectivity index (χ2n) is 4.11. The molecule has 0 amide bonds. The van der Waals surface area contributed by atoms with Crippen molar-refractivity contribution in [2.75, 3.05) is 0 Å². The van der Waals surface area contributed by atoms with Gasteiger partial charge in [-0.3, -0.25) is 0 Å². The summed E-state index contributed by atoms with van der Waals surface area (Å²) in [6, 6.07) is 9.72. The van der Waals surface area contributed by atoms with Gasteiger partial charge in [0.2, 0.25) is 0 Å². The maximum Gasteiger partial charge on any atom is 0.198 e. The van der Waals surface area contributed by atoms with Crippen LogP contribution in [0.3, 0.4) is 0 Å². The number of nitrogens with zero attached hydrogens (tertiary/aromatic N) is 1. The third kappa shape index (κ3) is 1.66. The molecule has 0 radical (unpaired) electrons. The van der Waals surface area contributed by atoms with Gasteiger partial charge in [0.05, 0.1) is 6.57 Å². The highest BCUT2D eigenvalue weighted by atomic mass is 35.5. The fourth-order valence-electron chi connectivity index (χ4n) is 1.90. The van der Waals surface area contributed by atoms with E-state index in [0.29, 0.717) is 5.92 Å². The zero-order valence-electron chi connectivity index (χ0n) is 9.29. The molecule has 0 atom stereocenters. The van der Waals surface area contributed by atoms with Crippen molar-refractivity contribution >= 4 is 28.1 Å². The molecule has 0 aliphatic rings. The van der Waals surface area contributed by atoms with Crippen LogP contribution < -0.4 is 0 Å². The molecule has 0 bridgehead atoms. The minimum atomic E-state index is 0.311. The fraction of sp³-hybridized carbons (Fsp3) is 0.214. The second kappa shape index (κ2) is 4.15. The van der Waals surface area contributed by atoms with Crippen LogP contribution >= 0.6 is 11.6 Å². The highest BCUT2D eigenvalue weighted by molar-refractivity contribution is 6.36. The Morgan fingerprint density at radius 3 is 2.38 bits per heavy atom. The molecule has 16 heavy (non-hydrogen) atoms. The van der Waals surface area contributed by atoms with Gasteiger partial charge in [-0.15, -0.1) is 0 Å². The number of halogens is 1. The van der Waals surface area contributed by atoms with E-state index in [0.717, 1.165) is 27.0 Å². The maximum atomic E-state index is 7.31. The highest BCUT2D eigenvalue weighted by Crippen LogP contribution is 2.38. The Bertz CT molecular complexity index is 579. The molecule has 2 heteroatoms. The van der Waals surface area contributed by atoms with Crippen molar-refractivity contribution in [3.05, 3.63) is 52.3 Å². The molecule has 80 valence electrons. The molecular weight excluding hydrogens is 218 g/mol. The largest absolute Gasteiger partial charge is 0.237 e. The van der Waals surface area contributed by atoms with Crippen LogP contribution in [-0.2, 0) is 0 Å².